The minimum atomic E-state index is -4.47. The highest BCUT2D eigenvalue weighted by Crippen LogP contribution is 2.37. The number of primary amides is 1. The zero-order valence-corrected chi connectivity index (χ0v) is 16.5. The number of piperazine rings is 1. The SMILES string of the molecule is NC(=O)N(c1ccc(C(F)(F)F)cc1)c1ccc2c(c1)CCN1CCN(C(=O)O)C[C@@H]21. The molecule has 7 nitrogen and oxygen atoms in total. The van der Waals surface area contributed by atoms with Gasteiger partial charge in [-0.15, -0.1) is 0 Å². The highest BCUT2D eigenvalue weighted by atomic mass is 19.4. The molecule has 0 saturated carbocycles. The van der Waals surface area contributed by atoms with Gasteiger partial charge >= 0.3 is 18.3 Å². The topological polar surface area (TPSA) is 90.1 Å². The molecule has 3 N–H and O–H groups in total. The normalized spacial score (nSPS) is 18.8. The number of rotatable bonds is 2. The summed E-state index contributed by atoms with van der Waals surface area (Å²) in [5.74, 6) is 0. The van der Waals surface area contributed by atoms with E-state index in [0.29, 0.717) is 31.7 Å². The fourth-order valence-electron chi connectivity index (χ4n) is 4.30. The average Bonchev–Trinajstić information content (AvgIpc) is 2.72. The Hall–Kier alpha value is -3.27. The second-order valence-corrected chi connectivity index (χ2v) is 7.63. The molecular weight excluding hydrogens is 413 g/mol. The molecule has 2 heterocycles. The van der Waals surface area contributed by atoms with Crippen LogP contribution >= 0.6 is 0 Å². The van der Waals surface area contributed by atoms with Gasteiger partial charge < -0.3 is 15.7 Å². The summed E-state index contributed by atoms with van der Waals surface area (Å²) in [7, 11) is 0. The van der Waals surface area contributed by atoms with Gasteiger partial charge in [0.2, 0.25) is 0 Å². The van der Waals surface area contributed by atoms with Gasteiger partial charge in [0.25, 0.3) is 0 Å². The summed E-state index contributed by atoms with van der Waals surface area (Å²) in [6, 6.07) is 8.67. The minimum Gasteiger partial charge on any atom is -0.465 e. The third kappa shape index (κ3) is 4.02. The maximum Gasteiger partial charge on any atom is 0.416 e. The van der Waals surface area contributed by atoms with E-state index in [4.69, 9.17) is 5.73 Å². The first-order valence-electron chi connectivity index (χ1n) is 9.76. The monoisotopic (exact) mass is 434 g/mol. The smallest absolute Gasteiger partial charge is 0.416 e. The molecule has 164 valence electrons. The van der Waals surface area contributed by atoms with E-state index in [9.17, 15) is 27.9 Å². The second-order valence-electron chi connectivity index (χ2n) is 7.63. The van der Waals surface area contributed by atoms with Gasteiger partial charge in [0.05, 0.1) is 23.0 Å². The van der Waals surface area contributed by atoms with Crippen molar-refractivity contribution in [2.45, 2.75) is 18.6 Å². The fourth-order valence-corrected chi connectivity index (χ4v) is 4.30. The number of carboxylic acid groups (broad SMARTS) is 1. The minimum absolute atomic E-state index is 0.0734. The summed E-state index contributed by atoms with van der Waals surface area (Å²) in [4.78, 5) is 28.3. The summed E-state index contributed by atoms with van der Waals surface area (Å²) in [5.41, 5.74) is 7.35. The molecular formula is C21H21F3N4O3. The maximum absolute atomic E-state index is 12.9. The second kappa shape index (κ2) is 7.77. The van der Waals surface area contributed by atoms with E-state index < -0.39 is 23.9 Å². The number of alkyl halides is 3. The molecule has 0 aliphatic carbocycles. The van der Waals surface area contributed by atoms with E-state index in [1.54, 1.807) is 12.1 Å². The molecule has 1 atom stereocenters. The van der Waals surface area contributed by atoms with Crippen LogP contribution < -0.4 is 10.6 Å². The predicted molar refractivity (Wildman–Crippen MR) is 107 cm³/mol. The number of urea groups is 1. The van der Waals surface area contributed by atoms with E-state index in [1.165, 1.54) is 17.0 Å². The van der Waals surface area contributed by atoms with Crippen molar-refractivity contribution < 1.29 is 27.9 Å². The molecule has 0 aromatic heterocycles. The lowest BCUT2D eigenvalue weighted by atomic mass is 9.90. The van der Waals surface area contributed by atoms with Crippen LogP contribution in [0.2, 0.25) is 0 Å². The molecule has 10 heteroatoms. The van der Waals surface area contributed by atoms with Crippen molar-refractivity contribution in [3.63, 3.8) is 0 Å². The fraction of sp³-hybridized carbons (Fsp3) is 0.333. The number of halogens is 3. The third-order valence-electron chi connectivity index (χ3n) is 5.85. The molecule has 31 heavy (non-hydrogen) atoms. The first kappa shape index (κ1) is 21.0. The number of nitrogens with two attached hydrogens (primary N) is 1. The number of hydrogen-bond acceptors (Lipinski definition) is 3. The Morgan fingerprint density at radius 2 is 1.71 bits per heavy atom. The zero-order valence-electron chi connectivity index (χ0n) is 16.5. The number of anilines is 2. The average molecular weight is 434 g/mol. The number of hydrogen-bond donors (Lipinski definition) is 2. The van der Waals surface area contributed by atoms with Crippen LogP contribution in [0.4, 0.5) is 34.1 Å². The van der Waals surface area contributed by atoms with E-state index in [1.807, 2.05) is 6.07 Å². The van der Waals surface area contributed by atoms with Crippen molar-refractivity contribution in [1.82, 2.24) is 9.80 Å². The summed E-state index contributed by atoms with van der Waals surface area (Å²) < 4.78 is 38.6. The van der Waals surface area contributed by atoms with Gasteiger partial charge in [0.15, 0.2) is 0 Å². The molecule has 2 aromatic carbocycles. The lowest BCUT2D eigenvalue weighted by molar-refractivity contribution is -0.137. The molecule has 3 amide bonds. The first-order chi connectivity index (χ1) is 14.6. The van der Waals surface area contributed by atoms with E-state index in [-0.39, 0.29) is 11.7 Å². The van der Waals surface area contributed by atoms with Gasteiger partial charge in [-0.25, -0.2) is 9.59 Å². The largest absolute Gasteiger partial charge is 0.465 e. The quantitative estimate of drug-likeness (QED) is 0.752. The number of amides is 3. The van der Waals surface area contributed by atoms with Crippen LogP contribution in [0.15, 0.2) is 42.5 Å². The van der Waals surface area contributed by atoms with Gasteiger partial charge in [-0.1, -0.05) is 6.07 Å². The van der Waals surface area contributed by atoms with Crippen molar-refractivity contribution in [2.24, 2.45) is 5.73 Å². The molecule has 0 unspecified atom stereocenters. The van der Waals surface area contributed by atoms with Crippen LogP contribution in [0.25, 0.3) is 0 Å². The van der Waals surface area contributed by atoms with E-state index in [0.717, 1.165) is 34.7 Å². The van der Waals surface area contributed by atoms with Gasteiger partial charge in [-0.2, -0.15) is 13.2 Å². The van der Waals surface area contributed by atoms with Gasteiger partial charge in [-0.3, -0.25) is 9.80 Å². The lowest BCUT2D eigenvalue weighted by Gasteiger charge is -2.44. The Morgan fingerprint density at radius 3 is 2.32 bits per heavy atom. The number of fused-ring (bicyclic) bond motifs is 3. The number of carbonyl (C=O) groups excluding carboxylic acids is 1. The van der Waals surface area contributed by atoms with Crippen molar-refractivity contribution >= 4 is 23.5 Å². The standard InChI is InChI=1S/C21H21F3N4O3/c22-21(23,24)14-1-3-15(4-2-14)28(19(25)29)16-5-6-17-13(11-16)7-8-26-9-10-27(20(30)31)12-18(17)26/h1-6,11,18H,7-10,12H2,(H2,25,29)(H,30,31)/t18-/m0/s1. The Morgan fingerprint density at radius 1 is 1.03 bits per heavy atom. The Kier molecular flexibility index (Phi) is 5.26. The summed E-state index contributed by atoms with van der Waals surface area (Å²) >= 11 is 0. The van der Waals surface area contributed by atoms with Crippen LogP contribution in [-0.4, -0.2) is 53.2 Å². The molecule has 2 aromatic rings. The van der Waals surface area contributed by atoms with Crippen LogP contribution in [0.3, 0.4) is 0 Å². The van der Waals surface area contributed by atoms with Crippen molar-refractivity contribution in [3.8, 4) is 0 Å². The van der Waals surface area contributed by atoms with E-state index >= 15 is 0 Å². The van der Waals surface area contributed by atoms with Crippen LogP contribution in [0.5, 0.6) is 0 Å². The molecule has 0 radical (unpaired) electrons. The first-order valence-corrected chi connectivity index (χ1v) is 9.76. The molecule has 0 spiro atoms. The molecule has 4 rings (SSSR count). The number of carbonyl (C=O) groups is 2. The highest BCUT2D eigenvalue weighted by Gasteiger charge is 2.35. The van der Waals surface area contributed by atoms with Crippen LogP contribution in [0, 0.1) is 0 Å². The van der Waals surface area contributed by atoms with Crippen molar-refractivity contribution in [1.29, 1.82) is 0 Å². The Bertz CT molecular complexity index is 1010. The molecule has 1 saturated heterocycles. The highest BCUT2D eigenvalue weighted by molar-refractivity contribution is 5.98. The summed E-state index contributed by atoms with van der Waals surface area (Å²) in [6.45, 7) is 2.23. The lowest BCUT2D eigenvalue weighted by Crippen LogP contribution is -2.52. The van der Waals surface area contributed by atoms with Gasteiger partial charge in [-0.05, 0) is 53.9 Å². The molecule has 1 fully saturated rings. The third-order valence-corrected chi connectivity index (χ3v) is 5.85. The maximum atomic E-state index is 12.9. The Labute approximate surface area is 176 Å². The molecule has 0 bridgehead atoms. The zero-order chi connectivity index (χ0) is 22.3. The van der Waals surface area contributed by atoms with Crippen LogP contribution in [-0.2, 0) is 12.6 Å². The van der Waals surface area contributed by atoms with Gasteiger partial charge in [0.1, 0.15) is 0 Å². The molecule has 2 aliphatic rings. The summed E-state index contributed by atoms with van der Waals surface area (Å²) in [6.07, 6.45) is -4.71. The predicted octanol–water partition coefficient (Wildman–Crippen LogP) is 3.82. The van der Waals surface area contributed by atoms with Crippen molar-refractivity contribution in [3.05, 3.63) is 59.2 Å². The van der Waals surface area contributed by atoms with Crippen LogP contribution in [0.1, 0.15) is 22.7 Å². The van der Waals surface area contributed by atoms with Gasteiger partial charge in [0, 0.05) is 26.2 Å². The molecule has 2 aliphatic heterocycles. The summed E-state index contributed by atoms with van der Waals surface area (Å²) in [5, 5.41) is 9.33. The Balaban J connectivity index is 1.65. The number of benzene rings is 2. The van der Waals surface area contributed by atoms with E-state index in [2.05, 4.69) is 4.90 Å². The van der Waals surface area contributed by atoms with Crippen molar-refractivity contribution in [2.75, 3.05) is 31.1 Å². The number of nitrogens with zero attached hydrogens (tertiary/aromatic N) is 3.